The Morgan fingerprint density at radius 2 is 2.24 bits per heavy atom. The summed E-state index contributed by atoms with van der Waals surface area (Å²) in [5.74, 6) is 0.425. The number of aliphatic hydroxyl groups excluding tert-OH is 1. The number of nitrogens with zero attached hydrogens (tertiary/aromatic N) is 4. The number of anilines is 1. The highest BCUT2D eigenvalue weighted by Gasteiger charge is 2.25. The van der Waals surface area contributed by atoms with Crippen molar-refractivity contribution < 1.29 is 14.7 Å². The van der Waals surface area contributed by atoms with Crippen molar-refractivity contribution in [3.63, 3.8) is 0 Å². The van der Waals surface area contributed by atoms with Crippen molar-refractivity contribution in [3.8, 4) is 0 Å². The topological polar surface area (TPSA) is 106 Å². The Morgan fingerprint density at radius 3 is 3.00 bits per heavy atom. The third-order valence-corrected chi connectivity index (χ3v) is 3.97. The Kier molecular flexibility index (Phi) is 3.70. The van der Waals surface area contributed by atoms with E-state index in [1.807, 2.05) is 0 Å². The third-order valence-electron chi connectivity index (χ3n) is 3.97. The minimum absolute atomic E-state index is 0.0982. The van der Waals surface area contributed by atoms with Crippen LogP contribution in [0.1, 0.15) is 19.3 Å². The summed E-state index contributed by atoms with van der Waals surface area (Å²) < 4.78 is 4.69. The number of hydrogen-bond acceptors (Lipinski definition) is 7. The molecule has 1 N–H and O–H groups in total. The van der Waals surface area contributed by atoms with Crippen molar-refractivity contribution in [2.75, 3.05) is 24.6 Å². The van der Waals surface area contributed by atoms with E-state index in [2.05, 4.69) is 15.2 Å². The molecule has 8 nitrogen and oxygen atoms in total. The second-order valence-electron chi connectivity index (χ2n) is 5.29. The molecule has 0 aliphatic carbocycles. The van der Waals surface area contributed by atoms with Gasteiger partial charge in [0.1, 0.15) is 0 Å². The van der Waals surface area contributed by atoms with Crippen LogP contribution in [0.25, 0.3) is 11.0 Å². The monoisotopic (exact) mass is 292 g/mol. The van der Waals surface area contributed by atoms with Gasteiger partial charge in [0.15, 0.2) is 5.52 Å². The Balaban J connectivity index is 1.95. The second-order valence-corrected chi connectivity index (χ2v) is 5.29. The van der Waals surface area contributed by atoms with Gasteiger partial charge in [0.05, 0.1) is 10.6 Å². The highest BCUT2D eigenvalue weighted by molar-refractivity contribution is 5.93. The molecule has 1 saturated heterocycles. The Bertz CT molecular complexity index is 655. The molecule has 1 aromatic heterocycles. The number of aromatic nitrogens is 2. The number of non-ortho nitro benzene ring substituents is 1. The molecule has 0 radical (unpaired) electrons. The van der Waals surface area contributed by atoms with Gasteiger partial charge in [-0.05, 0) is 41.6 Å². The van der Waals surface area contributed by atoms with Crippen molar-refractivity contribution in [1.29, 1.82) is 0 Å². The summed E-state index contributed by atoms with van der Waals surface area (Å²) in [6.07, 6.45) is 2.88. The fourth-order valence-corrected chi connectivity index (χ4v) is 2.94. The molecule has 0 spiro atoms. The Morgan fingerprint density at radius 1 is 1.43 bits per heavy atom. The van der Waals surface area contributed by atoms with Gasteiger partial charge in [0.2, 0.25) is 5.52 Å². The van der Waals surface area contributed by atoms with Gasteiger partial charge in [-0.25, -0.2) is 4.63 Å². The maximum atomic E-state index is 11.0. The van der Waals surface area contributed by atoms with Gasteiger partial charge in [-0.15, -0.1) is 0 Å². The predicted molar refractivity (Wildman–Crippen MR) is 75.1 cm³/mol. The van der Waals surface area contributed by atoms with E-state index in [-0.39, 0.29) is 17.8 Å². The summed E-state index contributed by atoms with van der Waals surface area (Å²) in [6, 6.07) is 3.14. The van der Waals surface area contributed by atoms with Crippen LogP contribution in [0, 0.1) is 16.0 Å². The van der Waals surface area contributed by atoms with Crippen molar-refractivity contribution >= 4 is 22.4 Å². The average molecular weight is 292 g/mol. The number of fused-ring (bicyclic) bond motifs is 1. The van der Waals surface area contributed by atoms with Gasteiger partial charge in [0.25, 0.3) is 0 Å². The van der Waals surface area contributed by atoms with Crippen LogP contribution in [-0.4, -0.2) is 40.0 Å². The number of hydrogen-bond donors (Lipinski definition) is 1. The van der Waals surface area contributed by atoms with Crippen LogP contribution in [0.2, 0.25) is 0 Å². The fraction of sp³-hybridized carbons (Fsp3) is 0.538. The first-order valence-corrected chi connectivity index (χ1v) is 6.96. The molecule has 1 unspecified atom stereocenters. The number of nitro groups is 1. The summed E-state index contributed by atoms with van der Waals surface area (Å²) in [5, 5.41) is 27.6. The van der Waals surface area contributed by atoms with E-state index in [9.17, 15) is 10.1 Å². The van der Waals surface area contributed by atoms with E-state index < -0.39 is 4.92 Å². The first-order chi connectivity index (χ1) is 10.2. The molecule has 1 fully saturated rings. The molecule has 2 aromatic rings. The first-order valence-electron chi connectivity index (χ1n) is 6.96. The molecule has 1 aliphatic rings. The number of nitro benzene ring substituents is 1. The lowest BCUT2D eigenvalue weighted by atomic mass is 9.94. The molecule has 1 aromatic carbocycles. The smallest absolute Gasteiger partial charge is 0.300 e. The number of rotatable bonds is 4. The van der Waals surface area contributed by atoms with Crippen molar-refractivity contribution in [2.45, 2.75) is 19.3 Å². The van der Waals surface area contributed by atoms with E-state index in [0.717, 1.165) is 38.0 Å². The standard InChI is InChI=1S/C13H16N4O4/c18-7-5-9-2-1-6-16(8-9)10-3-4-11(17(19)20)13-12(10)14-21-15-13/h3-4,9,18H,1-2,5-8H2. The fourth-order valence-electron chi connectivity index (χ4n) is 2.94. The van der Waals surface area contributed by atoms with Gasteiger partial charge in [-0.1, -0.05) is 0 Å². The highest BCUT2D eigenvalue weighted by atomic mass is 16.6. The van der Waals surface area contributed by atoms with E-state index in [4.69, 9.17) is 9.74 Å². The van der Waals surface area contributed by atoms with Crippen LogP contribution < -0.4 is 4.90 Å². The van der Waals surface area contributed by atoms with Crippen LogP contribution in [0.4, 0.5) is 11.4 Å². The zero-order valence-corrected chi connectivity index (χ0v) is 11.4. The minimum atomic E-state index is -0.485. The summed E-state index contributed by atoms with van der Waals surface area (Å²) in [7, 11) is 0. The maximum absolute atomic E-state index is 11.0. The Labute approximate surface area is 120 Å². The third kappa shape index (κ3) is 2.54. The number of aliphatic hydroxyl groups is 1. The van der Waals surface area contributed by atoms with Gasteiger partial charge >= 0.3 is 5.69 Å². The predicted octanol–water partition coefficient (Wildman–Crippen LogP) is 1.73. The largest absolute Gasteiger partial charge is 0.396 e. The quantitative estimate of drug-likeness (QED) is 0.675. The van der Waals surface area contributed by atoms with Crippen LogP contribution >= 0.6 is 0 Å². The Hall–Kier alpha value is -2.22. The summed E-state index contributed by atoms with van der Waals surface area (Å²) in [6.45, 7) is 1.85. The molecule has 0 saturated carbocycles. The zero-order valence-electron chi connectivity index (χ0n) is 11.4. The van der Waals surface area contributed by atoms with Crippen molar-refractivity contribution in [2.24, 2.45) is 5.92 Å². The van der Waals surface area contributed by atoms with Crippen LogP contribution in [0.15, 0.2) is 16.8 Å². The number of benzene rings is 1. The van der Waals surface area contributed by atoms with Gasteiger partial charge in [-0.2, -0.15) is 0 Å². The second kappa shape index (κ2) is 5.65. The van der Waals surface area contributed by atoms with Crippen LogP contribution in [-0.2, 0) is 0 Å². The average Bonchev–Trinajstić information content (AvgIpc) is 2.96. The summed E-state index contributed by atoms with van der Waals surface area (Å²) >= 11 is 0. The van der Waals surface area contributed by atoms with Crippen LogP contribution in [0.5, 0.6) is 0 Å². The molecule has 0 amide bonds. The molecule has 0 bridgehead atoms. The van der Waals surface area contributed by atoms with E-state index in [1.165, 1.54) is 6.07 Å². The lowest BCUT2D eigenvalue weighted by Crippen LogP contribution is -2.35. The molecular weight excluding hydrogens is 276 g/mol. The first kappa shape index (κ1) is 13.7. The lowest BCUT2D eigenvalue weighted by molar-refractivity contribution is -0.383. The van der Waals surface area contributed by atoms with Gasteiger partial charge in [0, 0.05) is 25.8 Å². The molecule has 1 aliphatic heterocycles. The van der Waals surface area contributed by atoms with Gasteiger partial charge in [-0.3, -0.25) is 10.1 Å². The molecule has 1 atom stereocenters. The van der Waals surface area contributed by atoms with Crippen molar-refractivity contribution in [1.82, 2.24) is 10.3 Å². The SMILES string of the molecule is O=[N+]([O-])c1ccc(N2CCCC(CCO)C2)c2nonc12. The zero-order chi connectivity index (χ0) is 14.8. The maximum Gasteiger partial charge on any atom is 0.300 e. The molecule has 21 heavy (non-hydrogen) atoms. The molecule has 8 heteroatoms. The summed E-state index contributed by atoms with van der Waals surface area (Å²) in [4.78, 5) is 12.6. The number of piperidine rings is 1. The molecule has 2 heterocycles. The summed E-state index contributed by atoms with van der Waals surface area (Å²) in [5.41, 5.74) is 1.31. The van der Waals surface area contributed by atoms with E-state index in [0.29, 0.717) is 11.4 Å². The normalized spacial score (nSPS) is 19.1. The van der Waals surface area contributed by atoms with E-state index >= 15 is 0 Å². The molecule has 3 rings (SSSR count). The van der Waals surface area contributed by atoms with Crippen molar-refractivity contribution in [3.05, 3.63) is 22.2 Å². The van der Waals surface area contributed by atoms with E-state index in [1.54, 1.807) is 6.07 Å². The molecule has 112 valence electrons. The van der Waals surface area contributed by atoms with Gasteiger partial charge < -0.3 is 10.0 Å². The highest BCUT2D eigenvalue weighted by Crippen LogP contribution is 2.33. The lowest BCUT2D eigenvalue weighted by Gasteiger charge is -2.34. The minimum Gasteiger partial charge on any atom is -0.396 e. The molecular formula is C13H16N4O4. The van der Waals surface area contributed by atoms with Crippen LogP contribution in [0.3, 0.4) is 0 Å².